The van der Waals surface area contributed by atoms with E-state index in [1.807, 2.05) is 7.05 Å². The fraction of sp³-hybridized carbons (Fsp3) is 0.885. The number of likely N-dealkylation sites (N-methyl/N-ethyl adjacent to an activating group) is 2. The lowest BCUT2D eigenvalue weighted by Crippen LogP contribution is -2.41. The van der Waals surface area contributed by atoms with Gasteiger partial charge in [-0.2, -0.15) is 0 Å². The van der Waals surface area contributed by atoms with E-state index in [0.29, 0.717) is 19.3 Å². The van der Waals surface area contributed by atoms with Crippen LogP contribution in [-0.4, -0.2) is 135 Å². The zero-order valence-corrected chi connectivity index (χ0v) is 24.9. The normalized spacial score (nSPS) is 38.5. The lowest BCUT2D eigenvalue weighted by molar-refractivity contribution is -0.147. The molecule has 7 N–H and O–H groups in total. The Bertz CT molecular complexity index is 772. The van der Waals surface area contributed by atoms with Gasteiger partial charge in [-0.15, -0.1) is 0 Å². The molecule has 0 radical (unpaired) electrons. The second-order valence-corrected chi connectivity index (χ2v) is 10.0. The smallest absolute Gasteiger partial charge is 0.309 e. The molecule has 3 aliphatic carbocycles. The SMILES string of the molecule is CN[C@@H]1C[C@H](C(=O)O)[C@@H](OC)[C@H]1OC.CN[C@@H]1C[C@H](C(N)=O)[C@@H](OC)[C@H]1OC.[C-]#[N+][C@H]1C[C@@H](N)[C@H](OC)[C@@H]1OC. The molecule has 0 saturated heterocycles. The Morgan fingerprint density at radius 2 is 1.12 bits per heavy atom. The highest BCUT2D eigenvalue weighted by molar-refractivity contribution is 5.78. The average molecular weight is 576 g/mol. The molecule has 0 aromatic carbocycles. The summed E-state index contributed by atoms with van der Waals surface area (Å²) in [5, 5.41) is 15.1. The summed E-state index contributed by atoms with van der Waals surface area (Å²) in [7, 11) is 13.1. The number of primary amides is 1. The van der Waals surface area contributed by atoms with Gasteiger partial charge in [-0.1, -0.05) is 0 Å². The van der Waals surface area contributed by atoms with Gasteiger partial charge in [0.1, 0.15) is 6.10 Å². The number of hydrogen-bond acceptors (Lipinski definition) is 11. The van der Waals surface area contributed by atoms with Crippen LogP contribution >= 0.6 is 0 Å². The van der Waals surface area contributed by atoms with Gasteiger partial charge in [-0.25, -0.2) is 6.57 Å². The van der Waals surface area contributed by atoms with Crippen LogP contribution in [0.1, 0.15) is 19.3 Å². The van der Waals surface area contributed by atoms with E-state index in [4.69, 9.17) is 51.6 Å². The van der Waals surface area contributed by atoms with Gasteiger partial charge in [-0.05, 0) is 26.9 Å². The Morgan fingerprint density at radius 1 is 0.725 bits per heavy atom. The summed E-state index contributed by atoms with van der Waals surface area (Å²) in [6, 6.07) is -0.0394. The van der Waals surface area contributed by atoms with Crippen molar-refractivity contribution in [3.05, 3.63) is 11.4 Å². The highest BCUT2D eigenvalue weighted by atomic mass is 16.5. The van der Waals surface area contributed by atoms with Crippen LogP contribution in [0.2, 0.25) is 0 Å². The van der Waals surface area contributed by atoms with Crippen molar-refractivity contribution < 1.29 is 43.1 Å². The summed E-state index contributed by atoms with van der Waals surface area (Å²) >= 11 is 0. The first-order valence-electron chi connectivity index (χ1n) is 13.2. The lowest BCUT2D eigenvalue weighted by atomic mass is 10.1. The standard InChI is InChI=1S/C9H18N2O3.C9H17NO4.C8H14N2O2/c1-11-6-4-5(9(10)12)7(13-2)8(6)14-3;1-10-6-4-5(9(11)12)7(13-2)8(6)14-3;1-10-6-4-5(9)7(11-2)8(6)12-3/h5-8,11H,4H2,1-3H3,(H2,10,12);5-8,10H,4H2,1-3H3,(H,11,12);5-8H,4,9H2,2-3H3/t3*5-,6+,7+,8-/m001/s1. The summed E-state index contributed by atoms with van der Waals surface area (Å²) < 4.78 is 31.3. The maximum absolute atomic E-state index is 11.2. The van der Waals surface area contributed by atoms with Crippen LogP contribution in [0.3, 0.4) is 0 Å². The highest BCUT2D eigenvalue weighted by Gasteiger charge is 2.48. The van der Waals surface area contributed by atoms with Gasteiger partial charge >= 0.3 is 5.97 Å². The molecule has 0 aromatic rings. The minimum absolute atomic E-state index is 0.0473. The topological polar surface area (TPSA) is 190 Å². The van der Waals surface area contributed by atoms with E-state index in [9.17, 15) is 9.59 Å². The molecular weight excluding hydrogens is 526 g/mol. The molecule has 40 heavy (non-hydrogen) atoms. The van der Waals surface area contributed by atoms with Gasteiger partial charge in [0.2, 0.25) is 5.91 Å². The molecule has 3 fully saturated rings. The molecule has 232 valence electrons. The van der Waals surface area contributed by atoms with Crippen LogP contribution in [0.15, 0.2) is 0 Å². The number of hydrogen-bond donors (Lipinski definition) is 5. The molecule has 0 aliphatic heterocycles. The maximum atomic E-state index is 11.2. The Labute approximate surface area is 237 Å². The third-order valence-corrected chi connectivity index (χ3v) is 8.11. The van der Waals surface area contributed by atoms with E-state index in [1.54, 1.807) is 42.6 Å². The van der Waals surface area contributed by atoms with Crippen LogP contribution in [0.5, 0.6) is 0 Å². The Balaban J connectivity index is 0.000000301. The fourth-order valence-electron chi connectivity index (χ4n) is 6.01. The molecule has 14 heteroatoms. The van der Waals surface area contributed by atoms with E-state index in [-0.39, 0.29) is 72.6 Å². The third-order valence-electron chi connectivity index (χ3n) is 8.11. The fourth-order valence-corrected chi connectivity index (χ4v) is 6.01. The zero-order chi connectivity index (χ0) is 30.6. The molecule has 0 aromatic heterocycles. The van der Waals surface area contributed by atoms with Gasteiger partial charge in [0.05, 0.1) is 36.3 Å². The van der Waals surface area contributed by atoms with Gasteiger partial charge in [0.25, 0.3) is 6.04 Å². The third kappa shape index (κ3) is 8.54. The zero-order valence-electron chi connectivity index (χ0n) is 24.9. The van der Waals surface area contributed by atoms with Crippen molar-refractivity contribution in [2.75, 3.05) is 56.8 Å². The Morgan fingerprint density at radius 3 is 1.45 bits per heavy atom. The number of rotatable bonds is 10. The van der Waals surface area contributed by atoms with Crippen molar-refractivity contribution in [2.24, 2.45) is 23.3 Å². The molecule has 12 atom stereocenters. The largest absolute Gasteiger partial charge is 0.481 e. The molecule has 0 heterocycles. The summed E-state index contributed by atoms with van der Waals surface area (Å²) in [4.78, 5) is 25.5. The van der Waals surface area contributed by atoms with Crippen molar-refractivity contribution in [1.82, 2.24) is 10.6 Å². The molecule has 3 rings (SSSR count). The second kappa shape index (κ2) is 17.8. The van der Waals surface area contributed by atoms with Crippen molar-refractivity contribution in [3.63, 3.8) is 0 Å². The molecular formula is C26H49N5O9. The number of amides is 1. The summed E-state index contributed by atoms with van der Waals surface area (Å²) in [6.45, 7) is 6.92. The van der Waals surface area contributed by atoms with Crippen molar-refractivity contribution in [1.29, 1.82) is 0 Å². The first-order chi connectivity index (χ1) is 19.0. The number of ether oxygens (including phenoxy) is 6. The van der Waals surface area contributed by atoms with E-state index in [0.717, 1.165) is 0 Å². The number of aliphatic carboxylic acids is 1. The van der Waals surface area contributed by atoms with Gasteiger partial charge in [0.15, 0.2) is 6.10 Å². The number of carbonyl (C=O) groups is 2. The van der Waals surface area contributed by atoms with Crippen molar-refractivity contribution >= 4 is 11.9 Å². The number of methoxy groups -OCH3 is 6. The molecule has 3 aliphatic rings. The molecule has 3 saturated carbocycles. The number of nitrogens with zero attached hydrogens (tertiary/aromatic N) is 1. The predicted octanol–water partition coefficient (Wildman–Crippen LogP) is -1.15. The van der Waals surface area contributed by atoms with Gasteiger partial charge < -0.3 is 60.5 Å². The maximum Gasteiger partial charge on any atom is 0.309 e. The van der Waals surface area contributed by atoms with Crippen LogP contribution < -0.4 is 22.1 Å². The molecule has 0 bridgehead atoms. The predicted molar refractivity (Wildman–Crippen MR) is 147 cm³/mol. The van der Waals surface area contributed by atoms with Gasteiger partial charge in [0, 0.05) is 67.2 Å². The summed E-state index contributed by atoms with van der Waals surface area (Å²) in [5.41, 5.74) is 11.1. The highest BCUT2D eigenvalue weighted by Crippen LogP contribution is 2.31. The van der Waals surface area contributed by atoms with Crippen LogP contribution in [-0.2, 0) is 38.0 Å². The summed E-state index contributed by atoms with van der Waals surface area (Å²) in [5.74, 6) is -1.89. The number of nitrogens with two attached hydrogens (primary N) is 2. The Hall–Kier alpha value is -1.93. The Kier molecular flexibility index (Phi) is 16.1. The minimum atomic E-state index is -0.823. The van der Waals surface area contributed by atoms with Crippen LogP contribution in [0, 0.1) is 18.4 Å². The first-order valence-corrected chi connectivity index (χ1v) is 13.2. The van der Waals surface area contributed by atoms with Crippen LogP contribution in [0.25, 0.3) is 4.85 Å². The average Bonchev–Trinajstić information content (AvgIpc) is 3.62. The molecule has 0 unspecified atom stereocenters. The minimum Gasteiger partial charge on any atom is -0.481 e. The van der Waals surface area contributed by atoms with E-state index < -0.39 is 11.9 Å². The van der Waals surface area contributed by atoms with E-state index in [2.05, 4.69) is 15.5 Å². The quantitative estimate of drug-likeness (QED) is 0.197. The number of carboxylic acids is 1. The molecule has 0 spiro atoms. The van der Waals surface area contributed by atoms with Crippen molar-refractivity contribution in [2.45, 2.75) is 80.1 Å². The first kappa shape index (κ1) is 36.1. The summed E-state index contributed by atoms with van der Waals surface area (Å²) in [6.07, 6.45) is 0.682. The number of carbonyl (C=O) groups excluding carboxylic acids is 1. The van der Waals surface area contributed by atoms with E-state index >= 15 is 0 Å². The van der Waals surface area contributed by atoms with Gasteiger partial charge in [-0.3, -0.25) is 9.59 Å². The van der Waals surface area contributed by atoms with Crippen molar-refractivity contribution in [3.8, 4) is 0 Å². The second-order valence-electron chi connectivity index (χ2n) is 10.0. The van der Waals surface area contributed by atoms with Crippen LogP contribution in [0.4, 0.5) is 0 Å². The number of carboxylic acid groups (broad SMARTS) is 1. The molecule has 14 nitrogen and oxygen atoms in total. The monoisotopic (exact) mass is 575 g/mol. The number of nitrogens with one attached hydrogen (secondary N) is 2. The lowest BCUT2D eigenvalue weighted by Gasteiger charge is -2.23. The molecule has 1 amide bonds. The van der Waals surface area contributed by atoms with E-state index in [1.165, 1.54) is 7.11 Å².